The number of hydrogen-bond acceptors (Lipinski definition) is 5. The lowest BCUT2D eigenvalue weighted by Gasteiger charge is -2.49. The zero-order chi connectivity index (χ0) is 24.5. The number of rotatable bonds is 5. The van der Waals surface area contributed by atoms with Crippen LogP contribution in [0.5, 0.6) is 0 Å². The summed E-state index contributed by atoms with van der Waals surface area (Å²) in [6, 6.07) is 18.5. The van der Waals surface area contributed by atoms with Crippen molar-refractivity contribution in [2.45, 2.75) is 19.0 Å². The van der Waals surface area contributed by atoms with Gasteiger partial charge in [-0.05, 0) is 47.9 Å². The van der Waals surface area contributed by atoms with Gasteiger partial charge in [0.15, 0.2) is 0 Å². The van der Waals surface area contributed by atoms with Crippen molar-refractivity contribution < 1.29 is 14.1 Å². The summed E-state index contributed by atoms with van der Waals surface area (Å²) in [4.78, 5) is 28.8. The van der Waals surface area contributed by atoms with Crippen LogP contribution in [0.4, 0.5) is 21.5 Å². The van der Waals surface area contributed by atoms with Crippen LogP contribution in [0.25, 0.3) is 0 Å². The molecule has 1 N–H and O–H groups in total. The van der Waals surface area contributed by atoms with E-state index in [1.807, 2.05) is 24.3 Å². The Morgan fingerprint density at radius 3 is 2.69 bits per heavy atom. The van der Waals surface area contributed by atoms with E-state index in [0.29, 0.717) is 36.6 Å². The molecule has 0 aromatic heterocycles. The molecule has 35 heavy (non-hydrogen) atoms. The van der Waals surface area contributed by atoms with Gasteiger partial charge in [0.25, 0.3) is 5.69 Å². The number of fused-ring (bicyclic) bond motifs is 3. The minimum absolute atomic E-state index is 0.0100. The lowest BCUT2D eigenvalue weighted by Crippen LogP contribution is -2.61. The van der Waals surface area contributed by atoms with E-state index >= 15 is 0 Å². The second-order valence-electron chi connectivity index (χ2n) is 8.89. The number of carbonyl (C=O) groups excluding carboxylic acids is 1. The van der Waals surface area contributed by atoms with Crippen molar-refractivity contribution in [1.29, 1.82) is 0 Å². The van der Waals surface area contributed by atoms with E-state index < -0.39 is 10.8 Å². The van der Waals surface area contributed by atoms with Gasteiger partial charge in [-0.1, -0.05) is 35.9 Å². The molecule has 0 saturated carbocycles. The first kappa shape index (κ1) is 23.1. The van der Waals surface area contributed by atoms with Crippen LogP contribution in [0.15, 0.2) is 66.7 Å². The normalized spacial score (nSPS) is 19.0. The maximum Gasteiger partial charge on any atom is 0.269 e. The fourth-order valence-electron chi connectivity index (χ4n) is 5.12. The van der Waals surface area contributed by atoms with Gasteiger partial charge in [0.1, 0.15) is 5.82 Å². The molecule has 0 bridgehead atoms. The average Bonchev–Trinajstić information content (AvgIpc) is 2.86. The van der Waals surface area contributed by atoms with Gasteiger partial charge in [-0.2, -0.15) is 0 Å². The number of anilines is 2. The number of amides is 1. The first-order valence-electron chi connectivity index (χ1n) is 11.5. The van der Waals surface area contributed by atoms with E-state index in [2.05, 4.69) is 15.1 Å². The number of nitro benzene ring substituents is 1. The highest BCUT2D eigenvalue weighted by Gasteiger charge is 2.42. The number of para-hydroxylation sites is 1. The zero-order valence-corrected chi connectivity index (χ0v) is 19.6. The Balaban J connectivity index is 1.44. The molecule has 3 aromatic rings. The largest absolute Gasteiger partial charge is 0.366 e. The third-order valence-electron chi connectivity index (χ3n) is 6.79. The molecule has 0 unspecified atom stereocenters. The molecule has 3 aromatic carbocycles. The summed E-state index contributed by atoms with van der Waals surface area (Å²) >= 11 is 6.46. The van der Waals surface area contributed by atoms with E-state index in [1.54, 1.807) is 24.3 Å². The van der Waals surface area contributed by atoms with Crippen LogP contribution in [0.2, 0.25) is 5.02 Å². The molecular formula is C26H24ClFN4O3. The van der Waals surface area contributed by atoms with Gasteiger partial charge in [-0.25, -0.2) is 4.39 Å². The molecule has 2 aliphatic heterocycles. The van der Waals surface area contributed by atoms with Crippen LogP contribution in [0.1, 0.15) is 11.1 Å². The van der Waals surface area contributed by atoms with Crippen LogP contribution in [0.3, 0.4) is 0 Å². The molecule has 1 amide bonds. The van der Waals surface area contributed by atoms with Gasteiger partial charge in [-0.15, -0.1) is 0 Å². The average molecular weight is 495 g/mol. The molecule has 1 saturated heterocycles. The van der Waals surface area contributed by atoms with Gasteiger partial charge in [0, 0.05) is 44.0 Å². The molecular weight excluding hydrogens is 471 g/mol. The van der Waals surface area contributed by atoms with Gasteiger partial charge >= 0.3 is 0 Å². The Hall–Kier alpha value is -3.65. The van der Waals surface area contributed by atoms with Crippen molar-refractivity contribution in [1.82, 2.24) is 5.32 Å². The highest BCUT2D eigenvalue weighted by atomic mass is 35.5. The Kier molecular flexibility index (Phi) is 6.30. The highest BCUT2D eigenvalue weighted by molar-refractivity contribution is 6.33. The summed E-state index contributed by atoms with van der Waals surface area (Å²) in [5.74, 6) is -0.963. The number of halogens is 2. The lowest BCUT2D eigenvalue weighted by atomic mass is 9.83. The third-order valence-corrected chi connectivity index (χ3v) is 7.11. The van der Waals surface area contributed by atoms with Crippen molar-refractivity contribution in [2.24, 2.45) is 5.92 Å². The number of carbonyl (C=O) groups is 1. The Bertz CT molecular complexity index is 1290. The van der Waals surface area contributed by atoms with Crippen molar-refractivity contribution in [3.05, 3.63) is 98.8 Å². The quantitative estimate of drug-likeness (QED) is 0.415. The molecule has 0 radical (unpaired) electrons. The van der Waals surface area contributed by atoms with Crippen molar-refractivity contribution in [2.75, 3.05) is 29.4 Å². The topological polar surface area (TPSA) is 78.7 Å². The molecule has 9 heteroatoms. The minimum Gasteiger partial charge on any atom is -0.366 e. The van der Waals surface area contributed by atoms with E-state index in [1.165, 1.54) is 18.2 Å². The lowest BCUT2D eigenvalue weighted by molar-refractivity contribution is -0.384. The Morgan fingerprint density at radius 2 is 1.91 bits per heavy atom. The molecule has 2 atom stereocenters. The third kappa shape index (κ3) is 4.66. The van der Waals surface area contributed by atoms with Crippen LogP contribution >= 0.6 is 11.6 Å². The monoisotopic (exact) mass is 494 g/mol. The van der Waals surface area contributed by atoms with E-state index in [9.17, 15) is 19.3 Å². The number of piperazine rings is 1. The summed E-state index contributed by atoms with van der Waals surface area (Å²) < 4.78 is 13.6. The Morgan fingerprint density at radius 1 is 1.09 bits per heavy atom. The van der Waals surface area contributed by atoms with Gasteiger partial charge in [-0.3, -0.25) is 14.9 Å². The van der Waals surface area contributed by atoms with Gasteiger partial charge in [0.05, 0.1) is 27.6 Å². The summed E-state index contributed by atoms with van der Waals surface area (Å²) in [5, 5.41) is 15.0. The molecule has 0 aliphatic carbocycles. The van der Waals surface area contributed by atoms with Crippen LogP contribution in [-0.2, 0) is 17.8 Å². The summed E-state index contributed by atoms with van der Waals surface area (Å²) in [7, 11) is 0. The zero-order valence-electron chi connectivity index (χ0n) is 18.9. The summed E-state index contributed by atoms with van der Waals surface area (Å²) in [6.45, 7) is 2.14. The SMILES string of the molecule is O=C(NCc1cccc(F)c1)[C@H]1Cc2cc([N+](=O)[O-])ccc2N2CCN(c3ccccc3Cl)C[C@H]12. The van der Waals surface area contributed by atoms with Gasteiger partial charge in [0.2, 0.25) is 5.91 Å². The molecule has 2 heterocycles. The summed E-state index contributed by atoms with van der Waals surface area (Å²) in [5.41, 5.74) is 3.31. The van der Waals surface area contributed by atoms with E-state index in [4.69, 9.17) is 11.6 Å². The summed E-state index contributed by atoms with van der Waals surface area (Å²) in [6.07, 6.45) is 0.378. The van der Waals surface area contributed by atoms with Crippen LogP contribution < -0.4 is 15.1 Å². The predicted octanol–water partition coefficient (Wildman–Crippen LogP) is 4.57. The van der Waals surface area contributed by atoms with Crippen molar-refractivity contribution in [3.63, 3.8) is 0 Å². The molecule has 180 valence electrons. The number of hydrogen-bond donors (Lipinski definition) is 1. The highest BCUT2D eigenvalue weighted by Crippen LogP contribution is 2.39. The van der Waals surface area contributed by atoms with Gasteiger partial charge < -0.3 is 15.1 Å². The first-order valence-corrected chi connectivity index (χ1v) is 11.8. The maximum absolute atomic E-state index is 13.6. The van der Waals surface area contributed by atoms with Crippen molar-refractivity contribution in [3.8, 4) is 0 Å². The molecule has 1 fully saturated rings. The minimum atomic E-state index is -0.441. The smallest absolute Gasteiger partial charge is 0.269 e. The molecule has 7 nitrogen and oxygen atoms in total. The Labute approximate surface area is 207 Å². The van der Waals surface area contributed by atoms with Crippen molar-refractivity contribution >= 4 is 34.6 Å². The maximum atomic E-state index is 13.6. The van der Waals surface area contributed by atoms with Crippen LogP contribution in [0, 0.1) is 21.8 Å². The molecule has 5 rings (SSSR count). The van der Waals surface area contributed by atoms with E-state index in [-0.39, 0.29) is 30.0 Å². The standard InChI is InChI=1S/C26H24ClFN4O3/c27-22-6-1-2-7-24(22)30-10-11-31-23-9-8-20(32(34)35)13-18(23)14-21(25(31)16-30)26(33)29-15-17-4-3-5-19(28)12-17/h1-9,12-13,21,25H,10-11,14-16H2,(H,29,33)/t21-,25+/m0/s1. The first-order chi connectivity index (χ1) is 16.9. The molecule has 2 aliphatic rings. The fourth-order valence-corrected chi connectivity index (χ4v) is 5.37. The number of nitro groups is 1. The van der Waals surface area contributed by atoms with Crippen LogP contribution in [-0.4, -0.2) is 36.5 Å². The fraction of sp³-hybridized carbons (Fsp3) is 0.269. The number of nitrogens with one attached hydrogen (secondary N) is 1. The number of benzene rings is 3. The molecule has 0 spiro atoms. The second kappa shape index (κ2) is 9.54. The second-order valence-corrected chi connectivity index (χ2v) is 9.29. The predicted molar refractivity (Wildman–Crippen MR) is 133 cm³/mol. The van der Waals surface area contributed by atoms with E-state index in [0.717, 1.165) is 16.9 Å². The number of non-ortho nitro benzene ring substituents is 1. The number of nitrogens with zero attached hydrogens (tertiary/aromatic N) is 3.